The highest BCUT2D eigenvalue weighted by Gasteiger charge is 2.10. The van der Waals surface area contributed by atoms with Crippen LogP contribution in [0.3, 0.4) is 0 Å². The number of rotatable bonds is 3. The normalized spacial score (nSPS) is 13.3. The summed E-state index contributed by atoms with van der Waals surface area (Å²) in [6.07, 6.45) is 0.892. The first kappa shape index (κ1) is 10.7. The Morgan fingerprint density at radius 1 is 1.46 bits per heavy atom. The smallest absolute Gasteiger partial charge is 0.0342 e. The largest absolute Gasteiger partial charge is 0.302 e. The summed E-state index contributed by atoms with van der Waals surface area (Å²) in [6.45, 7) is 3.96. The Kier molecular flexibility index (Phi) is 3.94. The first-order chi connectivity index (χ1) is 6.15. The minimum absolute atomic E-state index is 0.414. The molecule has 0 saturated carbocycles. The van der Waals surface area contributed by atoms with E-state index >= 15 is 0 Å². The van der Waals surface area contributed by atoms with Gasteiger partial charge in [-0.2, -0.15) is 0 Å². The van der Waals surface area contributed by atoms with Gasteiger partial charge in [-0.25, -0.2) is 0 Å². The van der Waals surface area contributed by atoms with Gasteiger partial charge in [0.05, 0.1) is 0 Å². The second-order valence-corrected chi connectivity index (χ2v) is 4.24. The molecule has 0 aliphatic rings. The van der Waals surface area contributed by atoms with Gasteiger partial charge in [0, 0.05) is 10.5 Å². The highest BCUT2D eigenvalue weighted by molar-refractivity contribution is 9.10. The molecule has 71 valence electrons. The molecule has 1 nitrogen and oxygen atoms in total. The molecular weight excluding hydrogens is 226 g/mol. The van der Waals surface area contributed by atoms with Crippen LogP contribution in [0.4, 0.5) is 0 Å². The van der Waals surface area contributed by atoms with Gasteiger partial charge in [-0.1, -0.05) is 35.0 Å². The zero-order chi connectivity index (χ0) is 9.84. The van der Waals surface area contributed by atoms with E-state index < -0.39 is 0 Å². The maximum atomic E-state index is 3.96. The zero-order valence-corrected chi connectivity index (χ0v) is 9.71. The van der Waals surface area contributed by atoms with Gasteiger partial charge in [0.2, 0.25) is 0 Å². The van der Waals surface area contributed by atoms with E-state index in [2.05, 4.69) is 60.0 Å². The van der Waals surface area contributed by atoms with Crippen molar-refractivity contribution in [3.05, 3.63) is 41.2 Å². The number of benzene rings is 1. The minimum atomic E-state index is 0.414. The van der Waals surface area contributed by atoms with Crippen LogP contribution in [0.5, 0.6) is 0 Å². The summed E-state index contributed by atoms with van der Waals surface area (Å²) in [4.78, 5) is 2.19. The lowest BCUT2D eigenvalue weighted by molar-refractivity contribution is 0.300. The van der Waals surface area contributed by atoms with Crippen LogP contribution in [-0.2, 0) is 0 Å². The Hall–Kier alpha value is -0.340. The number of hydrogen-bond acceptors (Lipinski definition) is 1. The molecule has 1 radical (unpaired) electrons. The van der Waals surface area contributed by atoms with Crippen LogP contribution in [0.1, 0.15) is 18.0 Å². The number of nitrogens with zero attached hydrogens (tertiary/aromatic N) is 1. The predicted molar refractivity (Wildman–Crippen MR) is 60.5 cm³/mol. The van der Waals surface area contributed by atoms with E-state index in [1.807, 2.05) is 6.07 Å². The summed E-state index contributed by atoms with van der Waals surface area (Å²) in [5, 5.41) is 0. The average Bonchev–Trinajstić information content (AvgIpc) is 2.04. The van der Waals surface area contributed by atoms with E-state index in [4.69, 9.17) is 0 Å². The van der Waals surface area contributed by atoms with E-state index in [9.17, 15) is 0 Å². The summed E-state index contributed by atoms with van der Waals surface area (Å²) < 4.78 is 1.13. The molecular formula is C11H15BrN. The first-order valence-electron chi connectivity index (χ1n) is 4.36. The van der Waals surface area contributed by atoms with Crippen molar-refractivity contribution in [1.82, 2.24) is 4.90 Å². The average molecular weight is 241 g/mol. The van der Waals surface area contributed by atoms with Crippen LogP contribution in [0, 0.1) is 6.92 Å². The molecule has 0 amide bonds. The predicted octanol–water partition coefficient (Wildman–Crippen LogP) is 3.28. The van der Waals surface area contributed by atoms with Crippen LogP contribution in [0.15, 0.2) is 28.7 Å². The third kappa shape index (κ3) is 2.82. The Bertz CT molecular complexity index is 271. The van der Waals surface area contributed by atoms with E-state index in [1.54, 1.807) is 0 Å². The maximum absolute atomic E-state index is 3.96. The maximum Gasteiger partial charge on any atom is 0.0342 e. The van der Waals surface area contributed by atoms with Gasteiger partial charge in [0.15, 0.2) is 0 Å². The molecule has 1 aromatic carbocycles. The fourth-order valence-electron chi connectivity index (χ4n) is 1.44. The first-order valence-corrected chi connectivity index (χ1v) is 5.15. The summed E-state index contributed by atoms with van der Waals surface area (Å²) in [7, 11) is 4.16. The highest BCUT2D eigenvalue weighted by atomic mass is 79.9. The lowest BCUT2D eigenvalue weighted by Gasteiger charge is -2.23. The number of hydrogen-bond donors (Lipinski definition) is 0. The van der Waals surface area contributed by atoms with Gasteiger partial charge >= 0.3 is 0 Å². The van der Waals surface area contributed by atoms with E-state index in [-0.39, 0.29) is 0 Å². The van der Waals surface area contributed by atoms with Gasteiger partial charge in [-0.3, -0.25) is 0 Å². The molecule has 1 aromatic rings. The molecule has 0 heterocycles. The monoisotopic (exact) mass is 240 g/mol. The van der Waals surface area contributed by atoms with Crippen molar-refractivity contribution in [2.75, 3.05) is 14.1 Å². The van der Waals surface area contributed by atoms with Crippen molar-refractivity contribution in [3.63, 3.8) is 0 Å². The van der Waals surface area contributed by atoms with Crippen molar-refractivity contribution < 1.29 is 0 Å². The van der Waals surface area contributed by atoms with E-state index in [0.717, 1.165) is 10.9 Å². The van der Waals surface area contributed by atoms with E-state index in [0.29, 0.717) is 6.04 Å². The van der Waals surface area contributed by atoms with Crippen molar-refractivity contribution >= 4 is 15.9 Å². The summed E-state index contributed by atoms with van der Waals surface area (Å²) in [6, 6.07) is 8.80. The molecule has 13 heavy (non-hydrogen) atoms. The summed E-state index contributed by atoms with van der Waals surface area (Å²) in [5.74, 6) is 0. The summed E-state index contributed by atoms with van der Waals surface area (Å²) >= 11 is 3.47. The standard InChI is InChI=1S/C11H15BrN/c1-4-11(13(2)3)9-6-5-7-10(12)8-9/h5-8,11H,1,4H2,2-3H3. The molecule has 0 aliphatic heterocycles. The van der Waals surface area contributed by atoms with Crippen molar-refractivity contribution in [1.29, 1.82) is 0 Å². The highest BCUT2D eigenvalue weighted by Crippen LogP contribution is 2.23. The van der Waals surface area contributed by atoms with Crippen LogP contribution < -0.4 is 0 Å². The molecule has 0 aromatic heterocycles. The molecule has 2 heteroatoms. The second-order valence-electron chi connectivity index (χ2n) is 3.32. The molecule has 0 spiro atoms. The second kappa shape index (κ2) is 4.77. The van der Waals surface area contributed by atoms with Gasteiger partial charge < -0.3 is 4.90 Å². The van der Waals surface area contributed by atoms with Crippen LogP contribution in [0.25, 0.3) is 0 Å². The van der Waals surface area contributed by atoms with E-state index in [1.165, 1.54) is 5.56 Å². The molecule has 0 aliphatic carbocycles. The topological polar surface area (TPSA) is 3.24 Å². The molecule has 0 fully saturated rings. The molecule has 1 rings (SSSR count). The molecule has 1 atom stereocenters. The zero-order valence-electron chi connectivity index (χ0n) is 8.13. The third-order valence-corrected chi connectivity index (χ3v) is 2.62. The summed E-state index contributed by atoms with van der Waals surface area (Å²) in [5.41, 5.74) is 1.31. The lowest BCUT2D eigenvalue weighted by atomic mass is 10.0. The van der Waals surface area contributed by atoms with Crippen LogP contribution >= 0.6 is 15.9 Å². The Balaban J connectivity index is 2.91. The molecule has 0 bridgehead atoms. The van der Waals surface area contributed by atoms with Crippen molar-refractivity contribution in [3.8, 4) is 0 Å². The fourth-order valence-corrected chi connectivity index (χ4v) is 1.85. The Labute approximate surface area is 88.9 Å². The SMILES string of the molecule is [CH2]CC(c1cccc(Br)c1)N(C)C. The van der Waals surface area contributed by atoms with Crippen LogP contribution in [-0.4, -0.2) is 19.0 Å². The van der Waals surface area contributed by atoms with Gasteiger partial charge in [0.25, 0.3) is 0 Å². The Morgan fingerprint density at radius 3 is 2.62 bits per heavy atom. The molecule has 0 N–H and O–H groups in total. The quantitative estimate of drug-likeness (QED) is 0.784. The van der Waals surface area contributed by atoms with Crippen molar-refractivity contribution in [2.45, 2.75) is 12.5 Å². The third-order valence-electron chi connectivity index (χ3n) is 2.13. The Morgan fingerprint density at radius 2 is 2.15 bits per heavy atom. The van der Waals surface area contributed by atoms with Crippen molar-refractivity contribution in [2.24, 2.45) is 0 Å². The minimum Gasteiger partial charge on any atom is -0.302 e. The van der Waals surface area contributed by atoms with Gasteiger partial charge in [0.1, 0.15) is 0 Å². The fraction of sp³-hybridized carbons (Fsp3) is 0.364. The van der Waals surface area contributed by atoms with Gasteiger partial charge in [-0.15, -0.1) is 0 Å². The van der Waals surface area contributed by atoms with Crippen LogP contribution in [0.2, 0.25) is 0 Å². The molecule has 0 saturated heterocycles. The number of halogens is 1. The van der Waals surface area contributed by atoms with Gasteiger partial charge in [-0.05, 0) is 38.2 Å². The lowest BCUT2D eigenvalue weighted by Crippen LogP contribution is -2.19. The molecule has 1 unspecified atom stereocenters.